The molecule has 1 aromatic heterocycles. The fourth-order valence-corrected chi connectivity index (χ4v) is 2.23. The highest BCUT2D eigenvalue weighted by molar-refractivity contribution is 9.10. The molecule has 4 nitrogen and oxygen atoms in total. The van der Waals surface area contributed by atoms with Crippen LogP contribution in [0.4, 0.5) is 0 Å². The predicted octanol–water partition coefficient (Wildman–Crippen LogP) is 1.86. The molecule has 0 aromatic carbocycles. The van der Waals surface area contributed by atoms with Crippen LogP contribution in [-0.2, 0) is 0 Å². The van der Waals surface area contributed by atoms with E-state index in [2.05, 4.69) is 32.8 Å². The summed E-state index contributed by atoms with van der Waals surface area (Å²) >= 11 is 3.29. The van der Waals surface area contributed by atoms with E-state index in [4.69, 9.17) is 0 Å². The Hall–Kier alpha value is -0.970. The predicted molar refractivity (Wildman–Crippen MR) is 59.5 cm³/mol. The van der Waals surface area contributed by atoms with Crippen LogP contribution in [0.5, 0.6) is 0 Å². The van der Waals surface area contributed by atoms with Gasteiger partial charge in [-0.25, -0.2) is 9.97 Å². The molecule has 1 aromatic rings. The molecule has 15 heavy (non-hydrogen) atoms. The standard InChI is InChI=1S/C10H12BrN3O/c1-7-3-2-4-14(7)10(15)9-8(11)5-12-6-13-9/h5-7H,2-4H2,1H3. The molecule has 0 spiro atoms. The number of likely N-dealkylation sites (tertiary alicyclic amines) is 1. The first-order valence-corrected chi connectivity index (χ1v) is 5.76. The third kappa shape index (κ3) is 2.02. The highest BCUT2D eigenvalue weighted by Gasteiger charge is 2.27. The molecule has 1 saturated heterocycles. The Bertz CT molecular complexity index is 383. The number of rotatable bonds is 1. The highest BCUT2D eigenvalue weighted by atomic mass is 79.9. The third-order valence-corrected chi connectivity index (χ3v) is 3.26. The molecule has 1 aliphatic heterocycles. The van der Waals surface area contributed by atoms with Crippen molar-refractivity contribution >= 4 is 21.8 Å². The Labute approximate surface area is 96.8 Å². The van der Waals surface area contributed by atoms with Gasteiger partial charge in [-0.05, 0) is 35.7 Å². The molecule has 0 aliphatic carbocycles. The minimum absolute atomic E-state index is 0.00530. The second-order valence-electron chi connectivity index (χ2n) is 3.71. The van der Waals surface area contributed by atoms with E-state index in [1.165, 1.54) is 6.33 Å². The van der Waals surface area contributed by atoms with Crippen LogP contribution in [0.1, 0.15) is 30.3 Å². The second kappa shape index (κ2) is 4.26. The van der Waals surface area contributed by atoms with Crippen molar-refractivity contribution in [3.05, 3.63) is 22.7 Å². The van der Waals surface area contributed by atoms with Gasteiger partial charge in [0.05, 0.1) is 4.47 Å². The summed E-state index contributed by atoms with van der Waals surface area (Å²) in [7, 11) is 0. The lowest BCUT2D eigenvalue weighted by atomic mass is 10.2. The zero-order valence-electron chi connectivity index (χ0n) is 8.48. The number of hydrogen-bond acceptors (Lipinski definition) is 3. The lowest BCUT2D eigenvalue weighted by Gasteiger charge is -2.21. The summed E-state index contributed by atoms with van der Waals surface area (Å²) < 4.78 is 0.661. The Kier molecular flexibility index (Phi) is 3.00. The number of hydrogen-bond donors (Lipinski definition) is 0. The van der Waals surface area contributed by atoms with Crippen LogP contribution in [0.2, 0.25) is 0 Å². The number of carbonyl (C=O) groups excluding carboxylic acids is 1. The van der Waals surface area contributed by atoms with E-state index in [1.807, 2.05) is 4.90 Å². The van der Waals surface area contributed by atoms with Gasteiger partial charge in [0.2, 0.25) is 0 Å². The molecule has 80 valence electrons. The quantitative estimate of drug-likeness (QED) is 0.782. The van der Waals surface area contributed by atoms with E-state index in [0.29, 0.717) is 16.2 Å². The average molecular weight is 270 g/mol. The fraction of sp³-hybridized carbons (Fsp3) is 0.500. The minimum atomic E-state index is -0.00530. The topological polar surface area (TPSA) is 46.1 Å². The monoisotopic (exact) mass is 269 g/mol. The molecule has 1 amide bonds. The minimum Gasteiger partial charge on any atom is -0.335 e. The summed E-state index contributed by atoms with van der Waals surface area (Å²) in [6, 6.07) is 0.319. The van der Waals surface area contributed by atoms with Crippen molar-refractivity contribution in [3.8, 4) is 0 Å². The van der Waals surface area contributed by atoms with Crippen LogP contribution in [0.3, 0.4) is 0 Å². The van der Waals surface area contributed by atoms with Crippen LogP contribution < -0.4 is 0 Å². The lowest BCUT2D eigenvalue weighted by molar-refractivity contribution is 0.0740. The lowest BCUT2D eigenvalue weighted by Crippen LogP contribution is -2.34. The normalized spacial score (nSPS) is 20.7. The third-order valence-electron chi connectivity index (χ3n) is 2.68. The number of nitrogens with zero attached hydrogens (tertiary/aromatic N) is 3. The first kappa shape index (κ1) is 10.5. The van der Waals surface area contributed by atoms with Gasteiger partial charge in [0.25, 0.3) is 5.91 Å². The summed E-state index contributed by atoms with van der Waals surface area (Å²) in [6.07, 6.45) is 5.16. The molecule has 1 atom stereocenters. The number of halogens is 1. The maximum atomic E-state index is 12.1. The maximum absolute atomic E-state index is 12.1. The summed E-state index contributed by atoms with van der Waals surface area (Å²) in [5.74, 6) is -0.00530. The Morgan fingerprint density at radius 1 is 1.67 bits per heavy atom. The Morgan fingerprint density at radius 3 is 3.07 bits per heavy atom. The van der Waals surface area contributed by atoms with Crippen molar-refractivity contribution in [2.24, 2.45) is 0 Å². The fourth-order valence-electron chi connectivity index (χ4n) is 1.84. The summed E-state index contributed by atoms with van der Waals surface area (Å²) in [5.41, 5.74) is 0.457. The molecule has 0 N–H and O–H groups in total. The molecule has 1 aliphatic rings. The first-order chi connectivity index (χ1) is 7.20. The number of aromatic nitrogens is 2. The molecular weight excluding hydrogens is 258 g/mol. The highest BCUT2D eigenvalue weighted by Crippen LogP contribution is 2.21. The van der Waals surface area contributed by atoms with Crippen LogP contribution in [0, 0.1) is 0 Å². The van der Waals surface area contributed by atoms with Gasteiger partial charge in [-0.2, -0.15) is 0 Å². The molecule has 1 fully saturated rings. The van der Waals surface area contributed by atoms with Crippen molar-refractivity contribution in [2.75, 3.05) is 6.54 Å². The van der Waals surface area contributed by atoms with Gasteiger partial charge in [0.15, 0.2) is 0 Å². The Balaban J connectivity index is 2.24. The van der Waals surface area contributed by atoms with E-state index in [0.717, 1.165) is 19.4 Å². The molecule has 0 radical (unpaired) electrons. The smallest absolute Gasteiger partial charge is 0.273 e. The van der Waals surface area contributed by atoms with Gasteiger partial charge in [0, 0.05) is 18.8 Å². The molecule has 0 bridgehead atoms. The van der Waals surface area contributed by atoms with E-state index in [-0.39, 0.29) is 5.91 Å². The van der Waals surface area contributed by atoms with Crippen LogP contribution in [0.25, 0.3) is 0 Å². The van der Waals surface area contributed by atoms with Crippen molar-refractivity contribution in [1.29, 1.82) is 0 Å². The molecule has 2 rings (SSSR count). The zero-order chi connectivity index (χ0) is 10.8. The second-order valence-corrected chi connectivity index (χ2v) is 4.56. The first-order valence-electron chi connectivity index (χ1n) is 4.96. The SMILES string of the molecule is CC1CCCN1C(=O)c1ncncc1Br. The van der Waals surface area contributed by atoms with Crippen molar-refractivity contribution in [1.82, 2.24) is 14.9 Å². The molecule has 0 saturated carbocycles. The van der Waals surface area contributed by atoms with Gasteiger partial charge in [-0.3, -0.25) is 4.79 Å². The van der Waals surface area contributed by atoms with Gasteiger partial charge in [-0.1, -0.05) is 0 Å². The van der Waals surface area contributed by atoms with Crippen LogP contribution >= 0.6 is 15.9 Å². The largest absolute Gasteiger partial charge is 0.335 e. The van der Waals surface area contributed by atoms with Crippen molar-refractivity contribution < 1.29 is 4.79 Å². The van der Waals surface area contributed by atoms with Crippen molar-refractivity contribution in [3.63, 3.8) is 0 Å². The molecule has 1 unspecified atom stereocenters. The van der Waals surface area contributed by atoms with Gasteiger partial charge in [-0.15, -0.1) is 0 Å². The van der Waals surface area contributed by atoms with Gasteiger partial charge < -0.3 is 4.90 Å². The average Bonchev–Trinajstić information content (AvgIpc) is 2.64. The van der Waals surface area contributed by atoms with E-state index in [1.54, 1.807) is 6.20 Å². The molecular formula is C10H12BrN3O. The summed E-state index contributed by atoms with van der Waals surface area (Å²) in [6.45, 7) is 2.90. The van der Waals surface area contributed by atoms with Crippen LogP contribution in [-0.4, -0.2) is 33.4 Å². The number of amides is 1. The van der Waals surface area contributed by atoms with Crippen LogP contribution in [0.15, 0.2) is 17.0 Å². The maximum Gasteiger partial charge on any atom is 0.273 e. The Morgan fingerprint density at radius 2 is 2.47 bits per heavy atom. The van der Waals surface area contributed by atoms with E-state index in [9.17, 15) is 4.79 Å². The molecule has 5 heteroatoms. The van der Waals surface area contributed by atoms with E-state index < -0.39 is 0 Å². The molecule has 2 heterocycles. The summed E-state index contributed by atoms with van der Waals surface area (Å²) in [5, 5.41) is 0. The zero-order valence-corrected chi connectivity index (χ0v) is 10.1. The summed E-state index contributed by atoms with van der Waals surface area (Å²) in [4.78, 5) is 21.8. The van der Waals surface area contributed by atoms with Gasteiger partial charge >= 0.3 is 0 Å². The van der Waals surface area contributed by atoms with Crippen molar-refractivity contribution in [2.45, 2.75) is 25.8 Å². The van der Waals surface area contributed by atoms with E-state index >= 15 is 0 Å². The van der Waals surface area contributed by atoms with Gasteiger partial charge in [0.1, 0.15) is 12.0 Å². The number of carbonyl (C=O) groups is 1.